The first-order valence-corrected chi connectivity index (χ1v) is 11.0. The van der Waals surface area contributed by atoms with Crippen molar-refractivity contribution in [2.45, 2.75) is 22.7 Å². The van der Waals surface area contributed by atoms with Crippen molar-refractivity contribution in [1.29, 1.82) is 0 Å². The Morgan fingerprint density at radius 1 is 0.552 bits per heavy atom. The van der Waals surface area contributed by atoms with Gasteiger partial charge in [0.05, 0.1) is 5.25 Å². The van der Waals surface area contributed by atoms with Crippen LogP contribution in [-0.4, -0.2) is 0 Å². The van der Waals surface area contributed by atoms with Crippen LogP contribution in [0.4, 0.5) is 0 Å². The molecular formula is C27H26NS+. The van der Waals surface area contributed by atoms with Gasteiger partial charge in [-0.15, -0.1) is 11.8 Å². The highest BCUT2D eigenvalue weighted by atomic mass is 32.2. The molecule has 0 radical (unpaired) electrons. The molecule has 0 fully saturated rings. The number of thioether (sulfide) groups is 1. The second-order valence-electron chi connectivity index (χ2n) is 7.12. The molecule has 4 aromatic rings. The molecule has 0 bridgehead atoms. The van der Waals surface area contributed by atoms with Crippen LogP contribution >= 0.6 is 11.8 Å². The van der Waals surface area contributed by atoms with Gasteiger partial charge in [0.2, 0.25) is 0 Å². The van der Waals surface area contributed by atoms with E-state index in [9.17, 15) is 0 Å². The van der Waals surface area contributed by atoms with Crippen LogP contribution < -0.4 is 5.32 Å². The molecular weight excluding hydrogens is 370 g/mol. The summed E-state index contributed by atoms with van der Waals surface area (Å²) < 4.78 is 0. The van der Waals surface area contributed by atoms with Gasteiger partial charge < -0.3 is 5.32 Å². The number of hydrogen-bond donors (Lipinski definition) is 1. The topological polar surface area (TPSA) is 16.6 Å². The van der Waals surface area contributed by atoms with E-state index in [-0.39, 0.29) is 0 Å². The van der Waals surface area contributed by atoms with E-state index >= 15 is 0 Å². The van der Waals surface area contributed by atoms with Crippen molar-refractivity contribution in [3.8, 4) is 0 Å². The lowest BCUT2D eigenvalue weighted by Crippen LogP contribution is -2.84. The zero-order chi connectivity index (χ0) is 19.7. The Morgan fingerprint density at radius 2 is 1.03 bits per heavy atom. The normalized spacial score (nSPS) is 13.0. The molecule has 2 heteroatoms. The van der Waals surface area contributed by atoms with Crippen molar-refractivity contribution in [2.75, 3.05) is 0 Å². The maximum absolute atomic E-state index is 2.48. The molecule has 0 saturated carbocycles. The van der Waals surface area contributed by atoms with E-state index in [4.69, 9.17) is 0 Å². The summed E-state index contributed by atoms with van der Waals surface area (Å²) in [6.45, 7) is 0.957. The molecule has 0 aromatic heterocycles. The fourth-order valence-corrected chi connectivity index (χ4v) is 4.94. The average Bonchev–Trinajstić information content (AvgIpc) is 2.81. The van der Waals surface area contributed by atoms with Crippen LogP contribution in [0.2, 0.25) is 0 Å². The molecule has 0 spiro atoms. The summed E-state index contributed by atoms with van der Waals surface area (Å²) in [4.78, 5) is 1.30. The monoisotopic (exact) mass is 396 g/mol. The summed E-state index contributed by atoms with van der Waals surface area (Å²) in [6, 6.07) is 43.6. The van der Waals surface area contributed by atoms with E-state index in [1.807, 2.05) is 11.8 Å². The molecule has 0 amide bonds. The number of benzene rings is 4. The Hall–Kier alpha value is -2.81. The largest absolute Gasteiger partial charge is 0.335 e. The van der Waals surface area contributed by atoms with Gasteiger partial charge in [0, 0.05) is 16.0 Å². The fraction of sp³-hybridized carbons (Fsp3) is 0.111. The van der Waals surface area contributed by atoms with Gasteiger partial charge in [-0.3, -0.25) is 0 Å². The first-order valence-electron chi connectivity index (χ1n) is 10.1. The van der Waals surface area contributed by atoms with Gasteiger partial charge in [-0.2, -0.15) is 0 Å². The Balaban J connectivity index is 1.68. The minimum atomic E-state index is 0.309. The standard InChI is InChI=1S/C27H25NS/c1-5-13-22(14-6-1)21-28-26(23-15-7-2-8-16-23)27(24-17-9-3-10-18-24)29-25-19-11-4-12-20-25/h1-20,26-28H,21H2/p+1/t26-,27-/m0/s1. The lowest BCUT2D eigenvalue weighted by Gasteiger charge is -2.26. The van der Waals surface area contributed by atoms with Crippen LogP contribution in [0.1, 0.15) is 28.0 Å². The quantitative estimate of drug-likeness (QED) is 0.360. The first kappa shape index (κ1) is 19.5. The molecule has 0 heterocycles. The van der Waals surface area contributed by atoms with E-state index in [0.29, 0.717) is 11.3 Å². The molecule has 4 rings (SSSR count). The van der Waals surface area contributed by atoms with Crippen molar-refractivity contribution >= 4 is 11.8 Å². The van der Waals surface area contributed by atoms with Crippen molar-refractivity contribution < 1.29 is 5.32 Å². The van der Waals surface area contributed by atoms with Gasteiger partial charge >= 0.3 is 0 Å². The molecule has 4 aromatic carbocycles. The van der Waals surface area contributed by atoms with Crippen LogP contribution in [0.25, 0.3) is 0 Å². The first-order chi connectivity index (χ1) is 14.4. The molecule has 0 aliphatic heterocycles. The van der Waals surface area contributed by atoms with E-state index < -0.39 is 0 Å². The molecule has 1 nitrogen and oxygen atoms in total. The van der Waals surface area contributed by atoms with Crippen LogP contribution in [0.15, 0.2) is 126 Å². The van der Waals surface area contributed by atoms with Gasteiger partial charge in [0.15, 0.2) is 0 Å². The minimum absolute atomic E-state index is 0.309. The highest BCUT2D eigenvalue weighted by molar-refractivity contribution is 7.99. The summed E-state index contributed by atoms with van der Waals surface area (Å²) in [5.41, 5.74) is 4.07. The summed E-state index contributed by atoms with van der Waals surface area (Å²) in [5.74, 6) is 0. The Morgan fingerprint density at radius 3 is 1.62 bits per heavy atom. The number of quaternary nitrogens is 1. The third-order valence-corrected chi connectivity index (χ3v) is 6.46. The van der Waals surface area contributed by atoms with Crippen molar-refractivity contribution in [1.82, 2.24) is 0 Å². The van der Waals surface area contributed by atoms with E-state index in [1.165, 1.54) is 21.6 Å². The third kappa shape index (κ3) is 5.38. The van der Waals surface area contributed by atoms with Gasteiger partial charge in [-0.05, 0) is 17.7 Å². The maximum atomic E-state index is 2.48. The lowest BCUT2D eigenvalue weighted by atomic mass is 9.98. The average molecular weight is 397 g/mol. The minimum Gasteiger partial charge on any atom is -0.335 e. The molecule has 2 atom stereocenters. The predicted octanol–water partition coefficient (Wildman–Crippen LogP) is 6.02. The predicted molar refractivity (Wildman–Crippen MR) is 123 cm³/mol. The lowest BCUT2D eigenvalue weighted by molar-refractivity contribution is -0.711. The summed E-state index contributed by atoms with van der Waals surface area (Å²) in [6.07, 6.45) is 0. The smallest absolute Gasteiger partial charge is 0.128 e. The van der Waals surface area contributed by atoms with Crippen LogP contribution in [-0.2, 0) is 6.54 Å². The Bertz CT molecular complexity index is 972. The zero-order valence-corrected chi connectivity index (χ0v) is 17.2. The fourth-order valence-electron chi connectivity index (χ4n) is 3.62. The number of hydrogen-bond acceptors (Lipinski definition) is 1. The Kier molecular flexibility index (Phi) is 6.80. The summed E-state index contributed by atoms with van der Waals surface area (Å²) >= 11 is 1.95. The van der Waals surface area contributed by atoms with Crippen LogP contribution in [0.5, 0.6) is 0 Å². The molecule has 0 saturated heterocycles. The van der Waals surface area contributed by atoms with Crippen molar-refractivity contribution in [3.63, 3.8) is 0 Å². The second-order valence-corrected chi connectivity index (χ2v) is 8.34. The Labute approximate surface area is 177 Å². The highest BCUT2D eigenvalue weighted by Crippen LogP contribution is 2.42. The van der Waals surface area contributed by atoms with Crippen molar-refractivity contribution in [3.05, 3.63) is 138 Å². The van der Waals surface area contributed by atoms with Crippen molar-refractivity contribution in [2.24, 2.45) is 0 Å². The molecule has 144 valence electrons. The van der Waals surface area contributed by atoms with Crippen LogP contribution in [0, 0.1) is 0 Å². The molecule has 2 N–H and O–H groups in total. The van der Waals surface area contributed by atoms with E-state index in [1.54, 1.807) is 0 Å². The second kappa shape index (κ2) is 10.1. The number of rotatable bonds is 8. The summed E-state index contributed by atoms with van der Waals surface area (Å²) in [5, 5.41) is 2.79. The van der Waals surface area contributed by atoms with Gasteiger partial charge in [-0.1, -0.05) is 109 Å². The third-order valence-electron chi connectivity index (χ3n) is 5.10. The van der Waals surface area contributed by atoms with Gasteiger partial charge in [0.1, 0.15) is 12.6 Å². The maximum Gasteiger partial charge on any atom is 0.128 e. The summed E-state index contributed by atoms with van der Waals surface area (Å²) in [7, 11) is 0. The van der Waals surface area contributed by atoms with Gasteiger partial charge in [-0.25, -0.2) is 0 Å². The molecule has 0 unspecified atom stereocenters. The van der Waals surface area contributed by atoms with Crippen LogP contribution in [0.3, 0.4) is 0 Å². The zero-order valence-electron chi connectivity index (χ0n) is 16.4. The van der Waals surface area contributed by atoms with E-state index in [2.05, 4.69) is 127 Å². The molecule has 0 aliphatic rings. The SMILES string of the molecule is c1ccc(C[NH2+][C@@H](c2ccccc2)[C@@H](Sc2ccccc2)c2ccccc2)cc1. The van der Waals surface area contributed by atoms with Gasteiger partial charge in [0.25, 0.3) is 0 Å². The highest BCUT2D eigenvalue weighted by Gasteiger charge is 2.29. The molecule has 29 heavy (non-hydrogen) atoms. The molecule has 0 aliphatic carbocycles. The van der Waals surface area contributed by atoms with E-state index in [0.717, 1.165) is 6.54 Å². The number of nitrogens with two attached hydrogens (primary N) is 1.